The Morgan fingerprint density at radius 3 is 2.83 bits per heavy atom. The van der Waals surface area contributed by atoms with Crippen LogP contribution in [-0.2, 0) is 17.8 Å². The highest BCUT2D eigenvalue weighted by Crippen LogP contribution is 2.40. The van der Waals surface area contributed by atoms with Gasteiger partial charge in [0.2, 0.25) is 0 Å². The van der Waals surface area contributed by atoms with Crippen molar-refractivity contribution >= 4 is 23.4 Å². The third-order valence-corrected chi connectivity index (χ3v) is 4.99. The van der Waals surface area contributed by atoms with Crippen LogP contribution in [0.5, 0.6) is 11.5 Å². The molecule has 0 spiro atoms. The smallest absolute Gasteiger partial charge is 0.414 e. The Morgan fingerprint density at radius 1 is 1.13 bits per heavy atom. The van der Waals surface area contributed by atoms with Gasteiger partial charge in [-0.05, 0) is 54.9 Å². The van der Waals surface area contributed by atoms with Gasteiger partial charge in [0.25, 0.3) is 0 Å². The summed E-state index contributed by atoms with van der Waals surface area (Å²) in [6.45, 7) is 2.16. The van der Waals surface area contributed by atoms with Crippen molar-refractivity contribution in [1.29, 1.82) is 0 Å². The maximum absolute atomic E-state index is 12.9. The molecule has 0 aliphatic carbocycles. The fourth-order valence-corrected chi connectivity index (χ4v) is 3.39. The number of hydrogen-bond donors (Lipinski definition) is 1. The molecule has 0 saturated carbocycles. The number of carbonyl (C=O) groups is 1. The van der Waals surface area contributed by atoms with Crippen LogP contribution >= 0.6 is 11.6 Å². The molecule has 0 atom stereocenters. The van der Waals surface area contributed by atoms with Gasteiger partial charge < -0.3 is 14.8 Å². The molecule has 1 aliphatic heterocycles. The lowest BCUT2D eigenvalue weighted by atomic mass is 10.2. The third kappa shape index (κ3) is 4.90. The minimum absolute atomic E-state index is 0.317. The first-order valence-electron chi connectivity index (χ1n) is 9.80. The molecule has 1 aromatic heterocycles. The number of amides is 1. The lowest BCUT2D eigenvalue weighted by Gasteiger charge is -2.21. The number of hydrogen-bond acceptors (Lipinski definition) is 5. The average Bonchev–Trinajstić information content (AvgIpc) is 2.93. The van der Waals surface area contributed by atoms with Gasteiger partial charge in [-0.25, -0.2) is 4.79 Å². The molecule has 6 nitrogen and oxygen atoms in total. The number of halogens is 1. The highest BCUT2D eigenvalue weighted by atomic mass is 35.5. The van der Waals surface area contributed by atoms with Gasteiger partial charge in [-0.1, -0.05) is 29.8 Å². The van der Waals surface area contributed by atoms with Crippen LogP contribution in [0.25, 0.3) is 0 Å². The molecule has 7 heteroatoms. The first-order valence-corrected chi connectivity index (χ1v) is 10.2. The van der Waals surface area contributed by atoms with E-state index in [-0.39, 0.29) is 0 Å². The molecule has 0 bridgehead atoms. The molecular formula is C23H22ClN3O3. The molecule has 4 rings (SSSR count). The lowest BCUT2D eigenvalue weighted by molar-refractivity contribution is 0.151. The molecule has 2 aromatic carbocycles. The summed E-state index contributed by atoms with van der Waals surface area (Å²) in [5.74, 6) is 1.29. The second-order valence-electron chi connectivity index (χ2n) is 6.91. The normalized spacial score (nSPS) is 12.4. The third-order valence-electron chi connectivity index (χ3n) is 4.76. The summed E-state index contributed by atoms with van der Waals surface area (Å²) in [6, 6.07) is 16.8. The van der Waals surface area contributed by atoms with E-state index in [1.807, 2.05) is 36.4 Å². The first kappa shape index (κ1) is 20.2. The van der Waals surface area contributed by atoms with E-state index in [1.165, 1.54) is 5.56 Å². The van der Waals surface area contributed by atoms with E-state index in [2.05, 4.69) is 10.3 Å². The molecule has 0 fully saturated rings. The zero-order chi connectivity index (χ0) is 20.8. The zero-order valence-electron chi connectivity index (χ0n) is 16.4. The number of rotatable bonds is 6. The lowest BCUT2D eigenvalue weighted by Crippen LogP contribution is -2.31. The number of para-hydroxylation sites is 1. The topological polar surface area (TPSA) is 63.7 Å². The van der Waals surface area contributed by atoms with Crippen molar-refractivity contribution < 1.29 is 14.3 Å². The van der Waals surface area contributed by atoms with Crippen molar-refractivity contribution in [1.82, 2.24) is 10.3 Å². The molecule has 3 aromatic rings. The fraction of sp³-hybridized carbons (Fsp3) is 0.217. The van der Waals surface area contributed by atoms with Crippen LogP contribution in [0.2, 0.25) is 5.02 Å². The Hall–Kier alpha value is -3.09. The van der Waals surface area contributed by atoms with E-state index in [0.717, 1.165) is 24.4 Å². The average molecular weight is 424 g/mol. The quantitative estimate of drug-likeness (QED) is 0.554. The van der Waals surface area contributed by atoms with E-state index >= 15 is 0 Å². The molecule has 0 unspecified atom stereocenters. The van der Waals surface area contributed by atoms with Crippen molar-refractivity contribution in [3.8, 4) is 11.5 Å². The number of carbonyl (C=O) groups excluding carboxylic acids is 1. The predicted molar refractivity (Wildman–Crippen MR) is 116 cm³/mol. The van der Waals surface area contributed by atoms with Gasteiger partial charge in [-0.2, -0.15) is 0 Å². The molecule has 1 amide bonds. The number of nitrogens with one attached hydrogen (secondary N) is 1. The van der Waals surface area contributed by atoms with Gasteiger partial charge >= 0.3 is 6.09 Å². The number of benzene rings is 2. The maximum atomic E-state index is 12.9. The summed E-state index contributed by atoms with van der Waals surface area (Å²) in [5, 5.41) is 3.86. The predicted octanol–water partition coefficient (Wildman–Crippen LogP) is 5.16. The van der Waals surface area contributed by atoms with E-state index < -0.39 is 6.09 Å². The summed E-state index contributed by atoms with van der Waals surface area (Å²) in [7, 11) is 0. The number of fused-ring (bicyclic) bond motifs is 2. The summed E-state index contributed by atoms with van der Waals surface area (Å²) in [4.78, 5) is 18.4. The number of ether oxygens (including phenoxy) is 2. The van der Waals surface area contributed by atoms with Gasteiger partial charge in [-0.3, -0.25) is 9.88 Å². The number of nitrogens with zero attached hydrogens (tertiary/aromatic N) is 2. The summed E-state index contributed by atoms with van der Waals surface area (Å²) in [5.41, 5.74) is 2.67. The second kappa shape index (κ2) is 9.61. The molecule has 154 valence electrons. The van der Waals surface area contributed by atoms with Crippen LogP contribution < -0.4 is 15.0 Å². The minimum atomic E-state index is -0.423. The molecule has 30 heavy (non-hydrogen) atoms. The van der Waals surface area contributed by atoms with Crippen molar-refractivity contribution in [2.24, 2.45) is 0 Å². The Bertz CT molecular complexity index is 1010. The summed E-state index contributed by atoms with van der Waals surface area (Å²) >= 11 is 6.18. The van der Waals surface area contributed by atoms with Crippen LogP contribution in [0.4, 0.5) is 10.5 Å². The van der Waals surface area contributed by atoms with Gasteiger partial charge in [0.1, 0.15) is 5.75 Å². The highest BCUT2D eigenvalue weighted by molar-refractivity contribution is 6.31. The number of aromatic nitrogens is 1. The van der Waals surface area contributed by atoms with Gasteiger partial charge in [0.15, 0.2) is 5.75 Å². The highest BCUT2D eigenvalue weighted by Gasteiger charge is 2.26. The first-order chi connectivity index (χ1) is 14.7. The Balaban J connectivity index is 1.36. The Labute approximate surface area is 180 Å². The number of pyridine rings is 1. The van der Waals surface area contributed by atoms with Gasteiger partial charge in [0.05, 0.1) is 18.8 Å². The van der Waals surface area contributed by atoms with Crippen molar-refractivity contribution in [3.63, 3.8) is 0 Å². The monoisotopic (exact) mass is 423 g/mol. The van der Waals surface area contributed by atoms with Crippen LogP contribution in [0, 0.1) is 0 Å². The molecule has 0 radical (unpaired) electrons. The van der Waals surface area contributed by atoms with Gasteiger partial charge in [0, 0.05) is 29.5 Å². The van der Waals surface area contributed by atoms with E-state index in [9.17, 15) is 4.79 Å². The minimum Gasteiger partial charge on any atom is -0.455 e. The van der Waals surface area contributed by atoms with Crippen molar-refractivity contribution in [2.75, 3.05) is 18.1 Å². The van der Waals surface area contributed by atoms with E-state index in [0.29, 0.717) is 36.0 Å². The second-order valence-corrected chi connectivity index (χ2v) is 7.34. The molecule has 1 N–H and O–H groups in total. The van der Waals surface area contributed by atoms with E-state index in [1.54, 1.807) is 35.5 Å². The zero-order valence-corrected chi connectivity index (χ0v) is 17.1. The standard InChI is InChI=1S/C23H22ClN3O3/c24-19-6-7-22-20(14-19)27(16-18-4-1-2-5-21(18)30-22)23(28)29-13-3-10-26-15-17-8-11-25-12-9-17/h1-2,4-9,11-12,14,26H,3,10,13,15-16H2. The van der Waals surface area contributed by atoms with Crippen LogP contribution in [0.1, 0.15) is 17.5 Å². The van der Waals surface area contributed by atoms with E-state index in [4.69, 9.17) is 21.1 Å². The van der Waals surface area contributed by atoms with Crippen molar-refractivity contribution in [3.05, 3.63) is 83.1 Å². The SMILES string of the molecule is O=C(OCCCNCc1ccncc1)N1Cc2ccccc2Oc2ccc(Cl)cc21. The Kier molecular flexibility index (Phi) is 6.47. The molecule has 2 heterocycles. The Morgan fingerprint density at radius 2 is 1.97 bits per heavy atom. The van der Waals surface area contributed by atoms with Gasteiger partial charge in [-0.15, -0.1) is 0 Å². The van der Waals surface area contributed by atoms with Crippen LogP contribution in [0.15, 0.2) is 67.0 Å². The van der Waals surface area contributed by atoms with Crippen molar-refractivity contribution in [2.45, 2.75) is 19.5 Å². The fourth-order valence-electron chi connectivity index (χ4n) is 3.23. The largest absolute Gasteiger partial charge is 0.455 e. The molecular weight excluding hydrogens is 402 g/mol. The summed E-state index contributed by atoms with van der Waals surface area (Å²) in [6.07, 6.45) is 3.82. The summed E-state index contributed by atoms with van der Waals surface area (Å²) < 4.78 is 11.6. The van der Waals surface area contributed by atoms with Crippen LogP contribution in [-0.4, -0.2) is 24.2 Å². The molecule has 0 saturated heterocycles. The van der Waals surface area contributed by atoms with Crippen LogP contribution in [0.3, 0.4) is 0 Å². The molecule has 1 aliphatic rings. The number of anilines is 1. The maximum Gasteiger partial charge on any atom is 0.414 e.